The number of aromatic nitrogens is 2. The summed E-state index contributed by atoms with van der Waals surface area (Å²) in [7, 11) is -1.90. The van der Waals surface area contributed by atoms with E-state index in [1.165, 1.54) is 10.9 Å². The standard InChI is InChI=1S/C28H35N3O2Si/c1-18(2)34(19(3)4,20(5)6)31-14-12-25-24(9-7-11-27(25)31)21-15-22(17-23(32)16-21)30-26-10-8-13-29-28(26)33/h7-20,30,32H,1-6H3,(H,29,33). The summed E-state index contributed by atoms with van der Waals surface area (Å²) in [5.41, 5.74) is 5.89. The summed E-state index contributed by atoms with van der Waals surface area (Å²) in [6.07, 6.45) is 3.88. The van der Waals surface area contributed by atoms with Gasteiger partial charge in [-0.15, -0.1) is 0 Å². The molecule has 0 atom stereocenters. The lowest BCUT2D eigenvalue weighted by atomic mass is 10.0. The molecule has 0 saturated heterocycles. The largest absolute Gasteiger partial charge is 0.508 e. The minimum atomic E-state index is -1.90. The molecule has 0 aliphatic heterocycles. The number of hydrogen-bond acceptors (Lipinski definition) is 3. The molecule has 0 bridgehead atoms. The molecule has 0 aliphatic carbocycles. The third-order valence-electron chi connectivity index (χ3n) is 7.25. The van der Waals surface area contributed by atoms with Gasteiger partial charge in [-0.1, -0.05) is 53.7 Å². The second-order valence-electron chi connectivity index (χ2n) is 10.1. The van der Waals surface area contributed by atoms with Gasteiger partial charge in [0.1, 0.15) is 11.4 Å². The van der Waals surface area contributed by atoms with Crippen LogP contribution in [-0.2, 0) is 0 Å². The van der Waals surface area contributed by atoms with Gasteiger partial charge in [0, 0.05) is 28.9 Å². The third-order valence-corrected chi connectivity index (χ3v) is 14.0. The highest BCUT2D eigenvalue weighted by molar-refractivity contribution is 6.82. The van der Waals surface area contributed by atoms with Crippen molar-refractivity contribution in [2.45, 2.75) is 58.2 Å². The van der Waals surface area contributed by atoms with E-state index in [4.69, 9.17) is 0 Å². The molecule has 4 rings (SSSR count). The normalized spacial score (nSPS) is 12.3. The van der Waals surface area contributed by atoms with Crippen molar-refractivity contribution in [2.75, 3.05) is 5.32 Å². The number of nitrogens with one attached hydrogen (secondary N) is 2. The minimum absolute atomic E-state index is 0.152. The molecule has 0 amide bonds. The fourth-order valence-corrected chi connectivity index (χ4v) is 12.7. The quantitative estimate of drug-likeness (QED) is 0.244. The maximum absolute atomic E-state index is 12.1. The summed E-state index contributed by atoms with van der Waals surface area (Å²) < 4.78 is 2.61. The predicted molar refractivity (Wildman–Crippen MR) is 146 cm³/mol. The van der Waals surface area contributed by atoms with E-state index in [-0.39, 0.29) is 11.3 Å². The molecule has 0 unspecified atom stereocenters. The summed E-state index contributed by atoms with van der Waals surface area (Å²) in [6.45, 7) is 14.3. The molecule has 0 radical (unpaired) electrons. The van der Waals surface area contributed by atoms with Crippen LogP contribution in [0.3, 0.4) is 0 Å². The van der Waals surface area contributed by atoms with Crippen molar-refractivity contribution in [2.24, 2.45) is 0 Å². The van der Waals surface area contributed by atoms with Crippen LogP contribution in [0.2, 0.25) is 16.6 Å². The van der Waals surface area contributed by atoms with Crippen molar-refractivity contribution in [1.82, 2.24) is 9.22 Å². The van der Waals surface area contributed by atoms with Crippen LogP contribution in [0.4, 0.5) is 11.4 Å². The lowest BCUT2D eigenvalue weighted by Gasteiger charge is -2.44. The van der Waals surface area contributed by atoms with Crippen LogP contribution in [0.5, 0.6) is 5.75 Å². The Hall–Kier alpha value is -3.25. The summed E-state index contributed by atoms with van der Waals surface area (Å²) >= 11 is 0. The van der Waals surface area contributed by atoms with Crippen molar-refractivity contribution in [3.05, 3.63) is 77.3 Å². The van der Waals surface area contributed by atoms with E-state index in [2.05, 4.69) is 86.5 Å². The monoisotopic (exact) mass is 473 g/mol. The van der Waals surface area contributed by atoms with E-state index >= 15 is 0 Å². The summed E-state index contributed by atoms with van der Waals surface area (Å²) in [6, 6.07) is 17.5. The van der Waals surface area contributed by atoms with Gasteiger partial charge in [0.25, 0.3) is 5.56 Å². The smallest absolute Gasteiger partial charge is 0.271 e. The highest BCUT2D eigenvalue weighted by Crippen LogP contribution is 2.45. The zero-order chi connectivity index (χ0) is 24.6. The van der Waals surface area contributed by atoms with Crippen molar-refractivity contribution >= 4 is 30.5 Å². The predicted octanol–water partition coefficient (Wildman–Crippen LogP) is 7.47. The number of aromatic amines is 1. The van der Waals surface area contributed by atoms with Crippen molar-refractivity contribution in [3.8, 4) is 16.9 Å². The number of phenolic OH excluding ortho intramolecular Hbond substituents is 1. The van der Waals surface area contributed by atoms with Crippen molar-refractivity contribution in [1.29, 1.82) is 0 Å². The average molecular weight is 474 g/mol. The Kier molecular flexibility index (Phi) is 6.45. The van der Waals surface area contributed by atoms with Crippen LogP contribution in [0.1, 0.15) is 41.5 Å². The van der Waals surface area contributed by atoms with Crippen LogP contribution in [0.25, 0.3) is 22.0 Å². The maximum Gasteiger partial charge on any atom is 0.271 e. The second kappa shape index (κ2) is 9.18. The van der Waals surface area contributed by atoms with Gasteiger partial charge in [-0.25, -0.2) is 0 Å². The number of fused-ring (bicyclic) bond motifs is 1. The van der Waals surface area contributed by atoms with E-state index in [9.17, 15) is 9.90 Å². The fraction of sp³-hybridized carbons (Fsp3) is 0.321. The molecule has 178 valence electrons. The number of pyridine rings is 1. The topological polar surface area (TPSA) is 70.0 Å². The van der Waals surface area contributed by atoms with Crippen molar-refractivity contribution in [3.63, 3.8) is 0 Å². The van der Waals surface area contributed by atoms with Crippen LogP contribution < -0.4 is 10.9 Å². The van der Waals surface area contributed by atoms with E-state index in [0.717, 1.165) is 11.1 Å². The van der Waals surface area contributed by atoms with E-state index in [1.54, 1.807) is 30.5 Å². The Labute approximate surface area is 202 Å². The van der Waals surface area contributed by atoms with Gasteiger partial charge in [-0.05, 0) is 70.3 Å². The van der Waals surface area contributed by atoms with Gasteiger partial charge in [-0.3, -0.25) is 4.79 Å². The van der Waals surface area contributed by atoms with E-state index < -0.39 is 8.24 Å². The number of hydrogen-bond donors (Lipinski definition) is 3. The molecule has 2 heterocycles. The lowest BCUT2D eigenvalue weighted by molar-refractivity contribution is 0.476. The Morgan fingerprint density at radius 1 is 0.912 bits per heavy atom. The van der Waals surface area contributed by atoms with Crippen molar-refractivity contribution < 1.29 is 5.11 Å². The van der Waals surface area contributed by atoms with Gasteiger partial charge in [0.2, 0.25) is 0 Å². The second-order valence-corrected chi connectivity index (χ2v) is 15.8. The highest BCUT2D eigenvalue weighted by Gasteiger charge is 2.45. The Balaban J connectivity index is 1.86. The molecule has 5 nitrogen and oxygen atoms in total. The number of nitrogens with zero attached hydrogens (tertiary/aromatic N) is 1. The van der Waals surface area contributed by atoms with Gasteiger partial charge in [0.15, 0.2) is 8.24 Å². The van der Waals surface area contributed by atoms with Gasteiger partial charge in [-0.2, -0.15) is 0 Å². The fourth-order valence-electron chi connectivity index (χ4n) is 6.11. The molecule has 0 fully saturated rings. The van der Waals surface area contributed by atoms with Crippen LogP contribution in [0.15, 0.2) is 71.8 Å². The number of anilines is 2. The number of phenols is 1. The first kappa shape index (κ1) is 23.9. The summed E-state index contributed by atoms with van der Waals surface area (Å²) in [5, 5.41) is 14.8. The molecule has 34 heavy (non-hydrogen) atoms. The SMILES string of the molecule is CC(C)[Si](C(C)C)(C(C)C)n1ccc2c(-c3cc(O)cc(Nc4ccc[nH]c4=O)c3)cccc21. The first-order valence-electron chi connectivity index (χ1n) is 12.1. The first-order chi connectivity index (χ1) is 16.2. The van der Waals surface area contributed by atoms with Gasteiger partial charge < -0.3 is 19.6 Å². The maximum atomic E-state index is 12.1. The third kappa shape index (κ3) is 3.96. The summed E-state index contributed by atoms with van der Waals surface area (Å²) in [4.78, 5) is 14.8. The first-order valence-corrected chi connectivity index (χ1v) is 14.2. The number of aromatic hydroxyl groups is 1. The van der Waals surface area contributed by atoms with Crippen LogP contribution in [0, 0.1) is 0 Å². The zero-order valence-electron chi connectivity index (χ0n) is 20.9. The minimum Gasteiger partial charge on any atom is -0.508 e. The number of benzene rings is 2. The molecule has 2 aromatic carbocycles. The highest BCUT2D eigenvalue weighted by atomic mass is 28.3. The molecular weight excluding hydrogens is 438 g/mol. The summed E-state index contributed by atoms with van der Waals surface area (Å²) in [5.74, 6) is 0.152. The van der Waals surface area contributed by atoms with E-state index in [1.807, 2.05) is 6.07 Å². The Morgan fingerprint density at radius 3 is 2.26 bits per heavy atom. The lowest BCUT2D eigenvalue weighted by Crippen LogP contribution is -2.51. The zero-order valence-corrected chi connectivity index (χ0v) is 21.9. The van der Waals surface area contributed by atoms with Gasteiger partial charge in [0.05, 0.1) is 0 Å². The molecule has 0 aliphatic rings. The molecule has 6 heteroatoms. The van der Waals surface area contributed by atoms with Crippen LogP contribution >= 0.6 is 0 Å². The molecule has 3 N–H and O–H groups in total. The number of rotatable bonds is 7. The molecule has 0 spiro atoms. The molecule has 2 aromatic heterocycles. The molecule has 4 aromatic rings. The molecule has 0 saturated carbocycles. The Morgan fingerprint density at radius 2 is 1.62 bits per heavy atom. The van der Waals surface area contributed by atoms with Crippen LogP contribution in [-0.4, -0.2) is 22.6 Å². The molecular formula is C28H35N3O2Si. The Bertz CT molecular complexity index is 1350. The van der Waals surface area contributed by atoms with E-state index in [0.29, 0.717) is 28.0 Å². The average Bonchev–Trinajstić information content (AvgIpc) is 3.19. The van der Waals surface area contributed by atoms with Gasteiger partial charge >= 0.3 is 0 Å². The number of H-pyrrole nitrogens is 1.